The molecule has 0 saturated heterocycles. The highest BCUT2D eigenvalue weighted by molar-refractivity contribution is 5.88. The van der Waals surface area contributed by atoms with E-state index in [4.69, 9.17) is 11.1 Å². The number of nitrogens with zero attached hydrogens (tertiary/aromatic N) is 2. The maximum Gasteiger partial charge on any atom is 0.385 e. The maximum atomic E-state index is 8.56. The van der Waals surface area contributed by atoms with Crippen LogP contribution in [-0.4, -0.2) is 0 Å². The van der Waals surface area contributed by atoms with Crippen LogP contribution in [0.3, 0.4) is 0 Å². The monoisotopic (exact) mass is 170 g/mol. The highest BCUT2D eigenvalue weighted by Gasteiger charge is 2.04. The minimum Gasteiger partial charge on any atom is -0.399 e. The average molecular weight is 170 g/mol. The SMILES string of the molecule is N#[N+]c1ccc2ccc(N)cc2c1. The highest BCUT2D eigenvalue weighted by atomic mass is 14.8. The van der Waals surface area contributed by atoms with Gasteiger partial charge in [-0.1, -0.05) is 6.07 Å². The molecule has 0 bridgehead atoms. The molecule has 0 aliphatic heterocycles. The predicted octanol–water partition coefficient (Wildman–Crippen LogP) is 2.91. The molecule has 0 atom stereocenters. The van der Waals surface area contributed by atoms with Gasteiger partial charge in [0.25, 0.3) is 0 Å². The lowest BCUT2D eigenvalue weighted by atomic mass is 10.1. The molecule has 2 aromatic carbocycles. The summed E-state index contributed by atoms with van der Waals surface area (Å²) in [6.45, 7) is 0. The van der Waals surface area contributed by atoms with Crippen LogP contribution in [0.5, 0.6) is 0 Å². The van der Waals surface area contributed by atoms with E-state index in [2.05, 4.69) is 4.98 Å². The summed E-state index contributed by atoms with van der Waals surface area (Å²) in [5.74, 6) is 0. The molecule has 2 N–H and O–H groups in total. The van der Waals surface area contributed by atoms with Crippen molar-refractivity contribution in [1.29, 1.82) is 5.39 Å². The average Bonchev–Trinajstić information content (AvgIpc) is 2.16. The minimum atomic E-state index is 0.540. The number of rotatable bonds is 0. The second kappa shape index (κ2) is 2.76. The van der Waals surface area contributed by atoms with Crippen molar-refractivity contribution < 1.29 is 0 Å². The quantitative estimate of drug-likeness (QED) is 0.488. The molecule has 3 nitrogen and oxygen atoms in total. The van der Waals surface area contributed by atoms with Gasteiger partial charge in [-0.15, -0.1) is 0 Å². The van der Waals surface area contributed by atoms with Gasteiger partial charge in [0.2, 0.25) is 5.39 Å². The molecule has 0 saturated carbocycles. The van der Waals surface area contributed by atoms with Gasteiger partial charge in [0.05, 0.1) is 0 Å². The zero-order valence-electron chi connectivity index (χ0n) is 6.94. The van der Waals surface area contributed by atoms with Crippen molar-refractivity contribution in [3.8, 4) is 0 Å². The van der Waals surface area contributed by atoms with Crippen LogP contribution in [0.1, 0.15) is 0 Å². The fraction of sp³-hybridized carbons (Fsp3) is 0. The number of hydrogen-bond acceptors (Lipinski definition) is 2. The molecule has 0 unspecified atom stereocenters. The number of benzene rings is 2. The topological polar surface area (TPSA) is 54.2 Å². The maximum absolute atomic E-state index is 8.56. The third-order valence-corrected chi connectivity index (χ3v) is 1.96. The molecule has 62 valence electrons. The minimum absolute atomic E-state index is 0.540. The molecular formula is C10H8N3+. The van der Waals surface area contributed by atoms with Crippen molar-refractivity contribution in [2.75, 3.05) is 5.73 Å². The molecule has 0 amide bonds. The van der Waals surface area contributed by atoms with Crippen molar-refractivity contribution in [1.82, 2.24) is 0 Å². The number of fused-ring (bicyclic) bond motifs is 1. The van der Waals surface area contributed by atoms with E-state index < -0.39 is 0 Å². The van der Waals surface area contributed by atoms with Gasteiger partial charge in [-0.05, 0) is 29.0 Å². The Bertz CT molecular complexity index is 497. The fourth-order valence-corrected chi connectivity index (χ4v) is 1.31. The van der Waals surface area contributed by atoms with Crippen molar-refractivity contribution >= 4 is 22.1 Å². The Hall–Kier alpha value is -2.08. The first-order chi connectivity index (χ1) is 6.29. The summed E-state index contributed by atoms with van der Waals surface area (Å²) in [6, 6.07) is 11.1. The van der Waals surface area contributed by atoms with E-state index in [0.29, 0.717) is 11.4 Å². The number of hydrogen-bond donors (Lipinski definition) is 1. The number of nitrogens with two attached hydrogens (primary N) is 1. The van der Waals surface area contributed by atoms with Gasteiger partial charge in [0, 0.05) is 17.8 Å². The van der Waals surface area contributed by atoms with Crippen molar-refractivity contribution in [3.05, 3.63) is 41.4 Å². The van der Waals surface area contributed by atoms with Crippen LogP contribution in [0.2, 0.25) is 0 Å². The molecule has 13 heavy (non-hydrogen) atoms. The van der Waals surface area contributed by atoms with Gasteiger partial charge >= 0.3 is 5.69 Å². The van der Waals surface area contributed by atoms with Gasteiger partial charge in [0.15, 0.2) is 4.98 Å². The summed E-state index contributed by atoms with van der Waals surface area (Å²) >= 11 is 0. The Labute approximate surface area is 75.4 Å². The number of nitrogen functional groups attached to an aromatic ring is 1. The highest BCUT2D eigenvalue weighted by Crippen LogP contribution is 2.22. The summed E-state index contributed by atoms with van der Waals surface area (Å²) in [5, 5.41) is 10.6. The van der Waals surface area contributed by atoms with E-state index >= 15 is 0 Å². The van der Waals surface area contributed by atoms with Crippen molar-refractivity contribution in [2.45, 2.75) is 0 Å². The number of diazo groups is 1. The second-order valence-corrected chi connectivity index (χ2v) is 2.89. The van der Waals surface area contributed by atoms with E-state index in [1.165, 1.54) is 0 Å². The fourth-order valence-electron chi connectivity index (χ4n) is 1.31. The van der Waals surface area contributed by atoms with Crippen molar-refractivity contribution in [2.24, 2.45) is 0 Å². The normalized spacial score (nSPS) is 9.77. The molecule has 0 radical (unpaired) electrons. The largest absolute Gasteiger partial charge is 0.399 e. The van der Waals surface area contributed by atoms with Crippen LogP contribution in [0, 0.1) is 5.39 Å². The molecule has 0 spiro atoms. The summed E-state index contributed by atoms with van der Waals surface area (Å²) in [6.07, 6.45) is 0. The zero-order chi connectivity index (χ0) is 9.26. The lowest BCUT2D eigenvalue weighted by Gasteiger charge is -1.95. The Morgan fingerprint density at radius 3 is 2.54 bits per heavy atom. The number of anilines is 1. The smallest absolute Gasteiger partial charge is 0.385 e. The second-order valence-electron chi connectivity index (χ2n) is 2.89. The summed E-state index contributed by atoms with van der Waals surface area (Å²) in [5.41, 5.74) is 6.87. The summed E-state index contributed by atoms with van der Waals surface area (Å²) in [7, 11) is 0. The molecule has 0 aliphatic rings. The van der Waals surface area contributed by atoms with Crippen LogP contribution in [0.25, 0.3) is 15.7 Å². The van der Waals surface area contributed by atoms with Crippen LogP contribution >= 0.6 is 0 Å². The van der Waals surface area contributed by atoms with Gasteiger partial charge in [0.1, 0.15) is 0 Å². The van der Waals surface area contributed by atoms with E-state index in [1.807, 2.05) is 24.3 Å². The molecule has 0 aromatic heterocycles. The van der Waals surface area contributed by atoms with E-state index in [0.717, 1.165) is 10.8 Å². The Morgan fingerprint density at radius 2 is 1.77 bits per heavy atom. The lowest BCUT2D eigenvalue weighted by molar-refractivity contribution is 1.47. The standard InChI is InChI=1S/C10H8N3/c11-9-3-1-7-2-4-10(13-12)6-8(7)5-9/h1-6H,11H2/q+1. The first-order valence-corrected chi connectivity index (χ1v) is 3.94. The van der Waals surface area contributed by atoms with Crippen LogP contribution in [0.15, 0.2) is 36.4 Å². The first-order valence-electron chi connectivity index (χ1n) is 3.94. The molecule has 0 fully saturated rings. The Morgan fingerprint density at radius 1 is 1.00 bits per heavy atom. The van der Waals surface area contributed by atoms with E-state index in [9.17, 15) is 0 Å². The van der Waals surface area contributed by atoms with Gasteiger partial charge < -0.3 is 5.73 Å². The van der Waals surface area contributed by atoms with Gasteiger partial charge in [-0.25, -0.2) is 0 Å². The van der Waals surface area contributed by atoms with E-state index in [-0.39, 0.29) is 0 Å². The Balaban J connectivity index is 2.77. The third kappa shape index (κ3) is 1.30. The van der Waals surface area contributed by atoms with Gasteiger partial charge in [-0.2, -0.15) is 0 Å². The molecule has 2 rings (SSSR count). The molecular weight excluding hydrogens is 162 g/mol. The first kappa shape index (κ1) is 7.56. The zero-order valence-corrected chi connectivity index (χ0v) is 6.94. The molecule has 2 aromatic rings. The van der Waals surface area contributed by atoms with Gasteiger partial charge in [-0.3, -0.25) is 0 Å². The summed E-state index contributed by atoms with van der Waals surface area (Å²) in [4.78, 5) is 3.11. The molecule has 0 aliphatic carbocycles. The Kier molecular flexibility index (Phi) is 1.60. The van der Waals surface area contributed by atoms with E-state index in [1.54, 1.807) is 12.1 Å². The predicted molar refractivity (Wildman–Crippen MR) is 53.1 cm³/mol. The summed E-state index contributed by atoms with van der Waals surface area (Å²) < 4.78 is 0. The van der Waals surface area contributed by atoms with Crippen molar-refractivity contribution in [3.63, 3.8) is 0 Å². The molecule has 0 heterocycles. The van der Waals surface area contributed by atoms with Crippen LogP contribution < -0.4 is 5.73 Å². The lowest BCUT2D eigenvalue weighted by Crippen LogP contribution is -1.82. The van der Waals surface area contributed by atoms with Crippen LogP contribution in [-0.2, 0) is 0 Å². The third-order valence-electron chi connectivity index (χ3n) is 1.96. The van der Waals surface area contributed by atoms with Crippen LogP contribution in [0.4, 0.5) is 11.4 Å². The molecule has 3 heteroatoms.